The summed E-state index contributed by atoms with van der Waals surface area (Å²) in [6.07, 6.45) is 0. The van der Waals surface area contributed by atoms with Crippen LogP contribution in [0.15, 0.2) is 24.3 Å². The Morgan fingerprint density at radius 3 is 2.40 bits per heavy atom. The molecule has 0 aliphatic heterocycles. The molecule has 0 radical (unpaired) electrons. The molecule has 8 nitrogen and oxygen atoms in total. The lowest BCUT2D eigenvalue weighted by molar-refractivity contribution is -0.142. The average molecular weight is 351 g/mol. The van der Waals surface area contributed by atoms with E-state index in [2.05, 4.69) is 10.6 Å². The molecule has 0 saturated carbocycles. The van der Waals surface area contributed by atoms with E-state index in [0.717, 1.165) is 0 Å². The van der Waals surface area contributed by atoms with Crippen LogP contribution in [0.3, 0.4) is 0 Å². The number of carbonyl (C=O) groups is 3. The molecule has 3 N–H and O–H groups in total. The van der Waals surface area contributed by atoms with Gasteiger partial charge in [0.2, 0.25) is 11.8 Å². The van der Waals surface area contributed by atoms with Crippen molar-refractivity contribution >= 4 is 23.5 Å². The number of rotatable bonds is 10. The van der Waals surface area contributed by atoms with Crippen LogP contribution in [-0.4, -0.2) is 60.1 Å². The maximum atomic E-state index is 12.2. The summed E-state index contributed by atoms with van der Waals surface area (Å²) in [5.74, 6) is -0.865. The smallest absolute Gasteiger partial charge is 0.320 e. The molecule has 0 aliphatic rings. The number of anilines is 1. The number of carboxylic acids is 1. The molecule has 25 heavy (non-hydrogen) atoms. The predicted molar refractivity (Wildman–Crippen MR) is 93.6 cm³/mol. The summed E-state index contributed by atoms with van der Waals surface area (Å²) in [6.45, 7) is 5.74. The standard InChI is InChI=1S/C17H25N3O5/c1-4-25-15-7-5-14(6-8-15)19-16(22)11-20(12(2)17(23)24)10-9-18-13(3)21/h5-8,12H,4,9-11H2,1-3H3,(H,18,21)(H,19,22)(H,23,24). The molecule has 1 atom stereocenters. The van der Waals surface area contributed by atoms with Gasteiger partial charge in [0, 0.05) is 25.7 Å². The van der Waals surface area contributed by atoms with Crippen molar-refractivity contribution in [3.05, 3.63) is 24.3 Å². The zero-order valence-corrected chi connectivity index (χ0v) is 14.7. The minimum Gasteiger partial charge on any atom is -0.494 e. The third-order valence-corrected chi connectivity index (χ3v) is 3.47. The number of carboxylic acid groups (broad SMARTS) is 1. The molecule has 0 heterocycles. The maximum Gasteiger partial charge on any atom is 0.320 e. The van der Waals surface area contributed by atoms with Gasteiger partial charge in [-0.2, -0.15) is 0 Å². The first-order chi connectivity index (χ1) is 11.8. The monoisotopic (exact) mass is 351 g/mol. The minimum atomic E-state index is -1.03. The fourth-order valence-corrected chi connectivity index (χ4v) is 2.13. The molecular formula is C17H25N3O5. The van der Waals surface area contributed by atoms with Crippen molar-refractivity contribution in [2.75, 3.05) is 31.6 Å². The van der Waals surface area contributed by atoms with E-state index in [1.54, 1.807) is 24.3 Å². The molecule has 0 saturated heterocycles. The van der Waals surface area contributed by atoms with Crippen LogP contribution in [0, 0.1) is 0 Å². The SMILES string of the molecule is CCOc1ccc(NC(=O)CN(CCNC(C)=O)C(C)C(=O)O)cc1. The Morgan fingerprint density at radius 1 is 1.24 bits per heavy atom. The van der Waals surface area contributed by atoms with Crippen LogP contribution in [0.4, 0.5) is 5.69 Å². The first kappa shape index (κ1) is 20.4. The summed E-state index contributed by atoms with van der Waals surface area (Å²) in [4.78, 5) is 35.8. The van der Waals surface area contributed by atoms with Crippen molar-refractivity contribution in [2.45, 2.75) is 26.8 Å². The van der Waals surface area contributed by atoms with Crippen molar-refractivity contribution in [2.24, 2.45) is 0 Å². The van der Waals surface area contributed by atoms with E-state index in [1.165, 1.54) is 18.7 Å². The summed E-state index contributed by atoms with van der Waals surface area (Å²) in [5.41, 5.74) is 0.596. The van der Waals surface area contributed by atoms with E-state index in [4.69, 9.17) is 9.84 Å². The largest absolute Gasteiger partial charge is 0.494 e. The fraction of sp³-hybridized carbons (Fsp3) is 0.471. The van der Waals surface area contributed by atoms with Crippen LogP contribution >= 0.6 is 0 Å². The number of hydrogen-bond acceptors (Lipinski definition) is 5. The van der Waals surface area contributed by atoms with Crippen LogP contribution in [0.2, 0.25) is 0 Å². The summed E-state index contributed by atoms with van der Waals surface area (Å²) in [5, 5.41) is 14.5. The highest BCUT2D eigenvalue weighted by molar-refractivity contribution is 5.92. The van der Waals surface area contributed by atoms with Crippen LogP contribution < -0.4 is 15.4 Å². The first-order valence-electron chi connectivity index (χ1n) is 8.07. The molecule has 1 aromatic rings. The molecule has 0 fully saturated rings. The molecule has 2 amide bonds. The molecule has 0 aromatic heterocycles. The van der Waals surface area contributed by atoms with Crippen molar-refractivity contribution in [3.8, 4) is 5.75 Å². The van der Waals surface area contributed by atoms with Crippen LogP contribution in [-0.2, 0) is 14.4 Å². The third kappa shape index (κ3) is 7.67. The van der Waals surface area contributed by atoms with E-state index in [9.17, 15) is 14.4 Å². The Morgan fingerprint density at radius 2 is 1.88 bits per heavy atom. The van der Waals surface area contributed by atoms with Gasteiger partial charge in [-0.1, -0.05) is 0 Å². The Balaban J connectivity index is 2.63. The molecule has 0 bridgehead atoms. The number of benzene rings is 1. The number of carbonyl (C=O) groups excluding carboxylic acids is 2. The highest BCUT2D eigenvalue weighted by atomic mass is 16.5. The quantitative estimate of drug-likeness (QED) is 0.579. The van der Waals surface area contributed by atoms with Crippen LogP contribution in [0.5, 0.6) is 5.75 Å². The van der Waals surface area contributed by atoms with Crippen molar-refractivity contribution in [1.82, 2.24) is 10.2 Å². The Bertz CT molecular complexity index is 588. The second-order valence-electron chi connectivity index (χ2n) is 5.47. The molecule has 0 spiro atoms. The van der Waals surface area contributed by atoms with Gasteiger partial charge in [-0.25, -0.2) is 0 Å². The number of ether oxygens (including phenoxy) is 1. The molecule has 1 unspecified atom stereocenters. The van der Waals surface area contributed by atoms with Gasteiger partial charge in [0.1, 0.15) is 11.8 Å². The molecular weight excluding hydrogens is 326 g/mol. The number of nitrogens with one attached hydrogen (secondary N) is 2. The lowest BCUT2D eigenvalue weighted by Gasteiger charge is -2.25. The molecule has 138 valence electrons. The van der Waals surface area contributed by atoms with Gasteiger partial charge in [-0.3, -0.25) is 19.3 Å². The number of aliphatic carboxylic acids is 1. The topological polar surface area (TPSA) is 108 Å². The highest BCUT2D eigenvalue weighted by Crippen LogP contribution is 2.15. The van der Waals surface area contributed by atoms with E-state index in [0.29, 0.717) is 18.0 Å². The normalized spacial score (nSPS) is 11.7. The average Bonchev–Trinajstić information content (AvgIpc) is 2.55. The minimum absolute atomic E-state index is 0.0970. The predicted octanol–water partition coefficient (Wildman–Crippen LogP) is 0.935. The van der Waals surface area contributed by atoms with E-state index < -0.39 is 12.0 Å². The van der Waals surface area contributed by atoms with E-state index in [1.807, 2.05) is 6.92 Å². The lowest BCUT2D eigenvalue weighted by Crippen LogP contribution is -2.46. The summed E-state index contributed by atoms with van der Waals surface area (Å²) >= 11 is 0. The number of nitrogens with zero attached hydrogens (tertiary/aromatic N) is 1. The van der Waals surface area contributed by atoms with Crippen molar-refractivity contribution in [3.63, 3.8) is 0 Å². The van der Waals surface area contributed by atoms with Gasteiger partial charge in [-0.05, 0) is 38.1 Å². The van der Waals surface area contributed by atoms with E-state index >= 15 is 0 Å². The Hall–Kier alpha value is -2.61. The van der Waals surface area contributed by atoms with Gasteiger partial charge < -0.3 is 20.5 Å². The molecule has 1 aromatic carbocycles. The van der Waals surface area contributed by atoms with Gasteiger partial charge in [-0.15, -0.1) is 0 Å². The first-order valence-corrected chi connectivity index (χ1v) is 8.07. The third-order valence-electron chi connectivity index (χ3n) is 3.47. The second-order valence-corrected chi connectivity index (χ2v) is 5.47. The summed E-state index contributed by atoms with van der Waals surface area (Å²) in [7, 11) is 0. The van der Waals surface area contributed by atoms with Gasteiger partial charge in [0.05, 0.1) is 13.2 Å². The zero-order chi connectivity index (χ0) is 18.8. The molecule has 1 rings (SSSR count). The van der Waals surface area contributed by atoms with Gasteiger partial charge in [0.25, 0.3) is 0 Å². The second kappa shape index (κ2) is 10.3. The fourth-order valence-electron chi connectivity index (χ4n) is 2.13. The van der Waals surface area contributed by atoms with Crippen LogP contribution in [0.25, 0.3) is 0 Å². The molecule has 8 heteroatoms. The van der Waals surface area contributed by atoms with E-state index in [-0.39, 0.29) is 31.4 Å². The van der Waals surface area contributed by atoms with Crippen LogP contribution in [0.1, 0.15) is 20.8 Å². The summed E-state index contributed by atoms with van der Waals surface area (Å²) in [6, 6.07) is 6.07. The maximum absolute atomic E-state index is 12.2. The van der Waals surface area contributed by atoms with Crippen molar-refractivity contribution < 1.29 is 24.2 Å². The molecule has 0 aliphatic carbocycles. The number of hydrogen-bond donors (Lipinski definition) is 3. The Kier molecular flexibility index (Phi) is 8.42. The van der Waals surface area contributed by atoms with Gasteiger partial charge >= 0.3 is 5.97 Å². The van der Waals surface area contributed by atoms with Crippen molar-refractivity contribution in [1.29, 1.82) is 0 Å². The zero-order valence-electron chi connectivity index (χ0n) is 14.7. The van der Waals surface area contributed by atoms with Gasteiger partial charge in [0.15, 0.2) is 0 Å². The number of amides is 2. The summed E-state index contributed by atoms with van der Waals surface area (Å²) < 4.78 is 5.33. The lowest BCUT2D eigenvalue weighted by atomic mass is 10.2. The Labute approximate surface area is 147 Å². The highest BCUT2D eigenvalue weighted by Gasteiger charge is 2.22.